The molecule has 1 atom stereocenters. The average Bonchev–Trinajstić information content (AvgIpc) is 3.32. The van der Waals surface area contributed by atoms with Crippen LogP contribution in [0.25, 0.3) is 0 Å². The van der Waals surface area contributed by atoms with Crippen LogP contribution in [0.4, 0.5) is 4.79 Å². The first-order chi connectivity index (χ1) is 15.6. The SMILES string of the molecule is NC(Cc1ccccc1)c1nc(C(=O)NCCCCNC(=O)OCc2ccccc2)co1. The second-order valence-electron chi connectivity index (χ2n) is 7.32. The van der Waals surface area contributed by atoms with Crippen molar-refractivity contribution in [2.75, 3.05) is 13.1 Å². The number of alkyl carbamates (subject to hydrolysis) is 1. The number of hydrogen-bond donors (Lipinski definition) is 3. The van der Waals surface area contributed by atoms with Crippen molar-refractivity contribution in [1.29, 1.82) is 0 Å². The molecule has 2 aromatic carbocycles. The normalized spacial score (nSPS) is 11.5. The van der Waals surface area contributed by atoms with Crippen LogP contribution in [-0.4, -0.2) is 30.1 Å². The van der Waals surface area contributed by atoms with Crippen LogP contribution in [0, 0.1) is 0 Å². The van der Waals surface area contributed by atoms with Gasteiger partial charge in [0.15, 0.2) is 5.69 Å². The highest BCUT2D eigenvalue weighted by atomic mass is 16.5. The molecule has 32 heavy (non-hydrogen) atoms. The van der Waals surface area contributed by atoms with Crippen LogP contribution in [0.15, 0.2) is 71.3 Å². The van der Waals surface area contributed by atoms with E-state index in [4.69, 9.17) is 14.9 Å². The predicted molar refractivity (Wildman–Crippen MR) is 120 cm³/mol. The Kier molecular flexibility index (Phi) is 8.82. The van der Waals surface area contributed by atoms with Crippen LogP contribution in [0.3, 0.4) is 0 Å². The quantitative estimate of drug-likeness (QED) is 0.397. The van der Waals surface area contributed by atoms with E-state index in [0.717, 1.165) is 11.1 Å². The molecule has 0 aliphatic heterocycles. The van der Waals surface area contributed by atoms with Crippen LogP contribution in [-0.2, 0) is 17.8 Å². The maximum atomic E-state index is 12.2. The van der Waals surface area contributed by atoms with Gasteiger partial charge in [-0.15, -0.1) is 0 Å². The van der Waals surface area contributed by atoms with Crippen molar-refractivity contribution in [1.82, 2.24) is 15.6 Å². The van der Waals surface area contributed by atoms with Gasteiger partial charge in [-0.2, -0.15) is 0 Å². The zero-order valence-corrected chi connectivity index (χ0v) is 17.8. The van der Waals surface area contributed by atoms with Crippen molar-refractivity contribution >= 4 is 12.0 Å². The lowest BCUT2D eigenvalue weighted by Crippen LogP contribution is -2.28. The van der Waals surface area contributed by atoms with E-state index in [1.807, 2.05) is 60.7 Å². The van der Waals surface area contributed by atoms with Crippen LogP contribution in [0.2, 0.25) is 0 Å². The fraction of sp³-hybridized carbons (Fsp3) is 0.292. The van der Waals surface area contributed by atoms with Gasteiger partial charge in [-0.3, -0.25) is 4.79 Å². The molecule has 0 saturated heterocycles. The molecule has 1 unspecified atom stereocenters. The number of carbonyl (C=O) groups is 2. The number of aromatic nitrogens is 1. The Hall–Kier alpha value is -3.65. The monoisotopic (exact) mass is 436 g/mol. The van der Waals surface area contributed by atoms with Crippen LogP contribution in [0.5, 0.6) is 0 Å². The number of ether oxygens (including phenoxy) is 1. The van der Waals surface area contributed by atoms with Gasteiger partial charge in [0.1, 0.15) is 12.9 Å². The molecule has 0 spiro atoms. The highest BCUT2D eigenvalue weighted by Crippen LogP contribution is 2.15. The number of nitrogens with two attached hydrogens (primary N) is 1. The summed E-state index contributed by atoms with van der Waals surface area (Å²) in [5.74, 6) is 0.0133. The standard InChI is InChI=1S/C24H28N4O4/c25-20(15-18-9-3-1-4-10-18)23-28-21(17-31-23)22(29)26-13-7-8-14-27-24(30)32-16-19-11-5-2-6-12-19/h1-6,9-12,17,20H,7-8,13-16,25H2,(H,26,29)(H,27,30). The van der Waals surface area contributed by atoms with E-state index in [9.17, 15) is 9.59 Å². The fourth-order valence-electron chi connectivity index (χ4n) is 3.02. The second-order valence-corrected chi connectivity index (χ2v) is 7.32. The third kappa shape index (κ3) is 7.55. The van der Waals surface area contributed by atoms with Crippen LogP contribution < -0.4 is 16.4 Å². The van der Waals surface area contributed by atoms with E-state index in [1.54, 1.807) is 0 Å². The van der Waals surface area contributed by atoms with Crippen molar-refractivity contribution < 1.29 is 18.7 Å². The van der Waals surface area contributed by atoms with Crippen molar-refractivity contribution in [3.05, 3.63) is 89.6 Å². The van der Waals surface area contributed by atoms with Gasteiger partial charge in [0.25, 0.3) is 5.91 Å². The van der Waals surface area contributed by atoms with Gasteiger partial charge < -0.3 is 25.5 Å². The molecule has 3 aromatic rings. The van der Waals surface area contributed by atoms with Crippen molar-refractivity contribution in [3.63, 3.8) is 0 Å². The summed E-state index contributed by atoms with van der Waals surface area (Å²) in [6.45, 7) is 1.15. The summed E-state index contributed by atoms with van der Waals surface area (Å²) in [6.07, 6.45) is 2.83. The van der Waals surface area contributed by atoms with Crippen LogP contribution in [0.1, 0.15) is 46.4 Å². The molecule has 2 amide bonds. The molecule has 4 N–H and O–H groups in total. The molecule has 168 valence electrons. The minimum absolute atomic E-state index is 0.200. The summed E-state index contributed by atoms with van der Waals surface area (Å²) in [6, 6.07) is 18.8. The number of benzene rings is 2. The molecular weight excluding hydrogens is 408 g/mol. The largest absolute Gasteiger partial charge is 0.446 e. The Morgan fingerprint density at radius 2 is 1.56 bits per heavy atom. The van der Waals surface area contributed by atoms with Gasteiger partial charge >= 0.3 is 6.09 Å². The Balaban J connectivity index is 1.28. The van der Waals surface area contributed by atoms with E-state index in [-0.39, 0.29) is 18.2 Å². The van der Waals surface area contributed by atoms with Gasteiger partial charge in [0, 0.05) is 13.1 Å². The molecule has 8 nitrogen and oxygen atoms in total. The summed E-state index contributed by atoms with van der Waals surface area (Å²) in [4.78, 5) is 28.1. The zero-order chi connectivity index (χ0) is 22.6. The summed E-state index contributed by atoms with van der Waals surface area (Å²) < 4.78 is 10.5. The third-order valence-corrected chi connectivity index (χ3v) is 4.74. The maximum Gasteiger partial charge on any atom is 0.407 e. The number of nitrogens with zero attached hydrogens (tertiary/aromatic N) is 1. The number of hydrogen-bond acceptors (Lipinski definition) is 6. The van der Waals surface area contributed by atoms with Crippen LogP contribution >= 0.6 is 0 Å². The zero-order valence-electron chi connectivity index (χ0n) is 17.8. The first kappa shape index (κ1) is 23.0. The van der Waals surface area contributed by atoms with Crippen molar-refractivity contribution in [2.45, 2.75) is 31.9 Å². The Morgan fingerprint density at radius 3 is 2.25 bits per heavy atom. The third-order valence-electron chi connectivity index (χ3n) is 4.74. The van der Waals surface area contributed by atoms with Gasteiger partial charge in [-0.25, -0.2) is 9.78 Å². The highest BCUT2D eigenvalue weighted by molar-refractivity contribution is 5.91. The molecule has 1 aromatic heterocycles. The number of unbranched alkanes of at least 4 members (excludes halogenated alkanes) is 1. The summed E-state index contributed by atoms with van der Waals surface area (Å²) >= 11 is 0. The lowest BCUT2D eigenvalue weighted by atomic mass is 10.1. The van der Waals surface area contributed by atoms with E-state index < -0.39 is 12.1 Å². The first-order valence-electron chi connectivity index (χ1n) is 10.6. The molecule has 0 fully saturated rings. The van der Waals surface area contributed by atoms with E-state index in [1.165, 1.54) is 6.26 Å². The first-order valence-corrected chi connectivity index (χ1v) is 10.6. The number of carbonyl (C=O) groups excluding carboxylic acids is 2. The fourth-order valence-corrected chi connectivity index (χ4v) is 3.02. The number of nitrogens with one attached hydrogen (secondary N) is 2. The van der Waals surface area contributed by atoms with Gasteiger partial charge in [-0.1, -0.05) is 60.7 Å². The number of oxazole rings is 1. The topological polar surface area (TPSA) is 119 Å². The molecule has 0 aliphatic rings. The van der Waals surface area contributed by atoms with E-state index in [2.05, 4.69) is 15.6 Å². The summed E-state index contributed by atoms with van der Waals surface area (Å²) in [7, 11) is 0. The predicted octanol–water partition coefficient (Wildman–Crippen LogP) is 3.35. The minimum Gasteiger partial charge on any atom is -0.446 e. The highest BCUT2D eigenvalue weighted by Gasteiger charge is 2.17. The van der Waals surface area contributed by atoms with Crippen molar-refractivity contribution in [2.24, 2.45) is 5.73 Å². The van der Waals surface area contributed by atoms with Gasteiger partial charge in [0.2, 0.25) is 5.89 Å². The number of rotatable bonds is 11. The molecule has 3 rings (SSSR count). The Morgan fingerprint density at radius 1 is 0.938 bits per heavy atom. The lowest BCUT2D eigenvalue weighted by Gasteiger charge is -2.07. The second kappa shape index (κ2) is 12.3. The molecule has 8 heteroatoms. The van der Waals surface area contributed by atoms with E-state index >= 15 is 0 Å². The summed E-state index contributed by atoms with van der Waals surface area (Å²) in [5, 5.41) is 5.48. The molecule has 1 heterocycles. The van der Waals surface area contributed by atoms with E-state index in [0.29, 0.717) is 38.2 Å². The van der Waals surface area contributed by atoms with Crippen molar-refractivity contribution in [3.8, 4) is 0 Å². The Labute approximate surface area is 187 Å². The molecule has 0 bridgehead atoms. The number of amides is 2. The lowest BCUT2D eigenvalue weighted by molar-refractivity contribution is 0.0947. The smallest absolute Gasteiger partial charge is 0.407 e. The molecular formula is C24H28N4O4. The summed E-state index contributed by atoms with van der Waals surface area (Å²) in [5.41, 5.74) is 8.35. The molecule has 0 radical (unpaired) electrons. The molecule has 0 saturated carbocycles. The molecule has 0 aliphatic carbocycles. The average molecular weight is 437 g/mol. The minimum atomic E-state index is -0.458. The Bertz CT molecular complexity index is 976. The van der Waals surface area contributed by atoms with Gasteiger partial charge in [-0.05, 0) is 30.4 Å². The van der Waals surface area contributed by atoms with Gasteiger partial charge in [0.05, 0.1) is 6.04 Å². The maximum absolute atomic E-state index is 12.2.